The van der Waals surface area contributed by atoms with Crippen LogP contribution in [-0.4, -0.2) is 30.2 Å². The molecule has 1 aliphatic rings. The predicted molar refractivity (Wildman–Crippen MR) is 61.0 cm³/mol. The van der Waals surface area contributed by atoms with Crippen LogP contribution in [0.2, 0.25) is 0 Å². The fourth-order valence-corrected chi connectivity index (χ4v) is 1.63. The van der Waals surface area contributed by atoms with Gasteiger partial charge in [0.1, 0.15) is 12.4 Å². The molecule has 6 heteroatoms. The molecule has 0 spiro atoms. The van der Waals surface area contributed by atoms with Crippen LogP contribution in [0, 0.1) is 5.82 Å². The van der Waals surface area contributed by atoms with E-state index in [2.05, 4.69) is 5.43 Å². The average molecular weight is 252 g/mol. The van der Waals surface area contributed by atoms with Crippen LogP contribution in [0.3, 0.4) is 0 Å². The zero-order chi connectivity index (χ0) is 13.1. The van der Waals surface area contributed by atoms with E-state index in [0.29, 0.717) is 12.1 Å². The van der Waals surface area contributed by atoms with Gasteiger partial charge in [-0.25, -0.2) is 14.2 Å². The Bertz CT molecular complexity index is 461. The minimum Gasteiger partial charge on any atom is -0.446 e. The quantitative estimate of drug-likeness (QED) is 0.884. The molecule has 1 fully saturated rings. The summed E-state index contributed by atoms with van der Waals surface area (Å²) in [5.74, 6) is -1.16. The van der Waals surface area contributed by atoms with E-state index in [9.17, 15) is 14.0 Å². The first-order chi connectivity index (χ1) is 8.58. The summed E-state index contributed by atoms with van der Waals surface area (Å²) < 4.78 is 17.5. The first-order valence-electron chi connectivity index (χ1n) is 5.58. The van der Waals surface area contributed by atoms with Gasteiger partial charge >= 0.3 is 6.09 Å². The van der Waals surface area contributed by atoms with E-state index in [-0.39, 0.29) is 18.3 Å². The van der Waals surface area contributed by atoms with Crippen molar-refractivity contribution in [3.63, 3.8) is 0 Å². The second kappa shape index (κ2) is 5.03. The van der Waals surface area contributed by atoms with Gasteiger partial charge < -0.3 is 4.74 Å². The van der Waals surface area contributed by atoms with Crippen LogP contribution in [0.4, 0.5) is 9.18 Å². The van der Waals surface area contributed by atoms with Gasteiger partial charge in [0.25, 0.3) is 0 Å². The molecule has 96 valence electrons. The lowest BCUT2D eigenvalue weighted by atomic mass is 10.0. The van der Waals surface area contributed by atoms with Crippen LogP contribution in [0.25, 0.3) is 0 Å². The van der Waals surface area contributed by atoms with E-state index < -0.39 is 12.0 Å². The summed E-state index contributed by atoms with van der Waals surface area (Å²) in [4.78, 5) is 23.0. The first kappa shape index (κ1) is 12.3. The molecule has 0 radical (unpaired) electrons. The van der Waals surface area contributed by atoms with E-state index in [4.69, 9.17) is 4.74 Å². The molecule has 18 heavy (non-hydrogen) atoms. The molecule has 0 aromatic heterocycles. The summed E-state index contributed by atoms with van der Waals surface area (Å²) in [5, 5.41) is 1.13. The maximum Gasteiger partial charge on any atom is 0.428 e. The summed E-state index contributed by atoms with van der Waals surface area (Å²) >= 11 is 0. The van der Waals surface area contributed by atoms with Gasteiger partial charge in [-0.15, -0.1) is 0 Å². The van der Waals surface area contributed by atoms with Gasteiger partial charge in [-0.1, -0.05) is 12.1 Å². The number of benzene rings is 1. The Morgan fingerprint density at radius 2 is 2.11 bits per heavy atom. The minimum absolute atomic E-state index is 0.268. The second-order valence-corrected chi connectivity index (χ2v) is 4.02. The molecule has 1 aliphatic heterocycles. The van der Waals surface area contributed by atoms with Gasteiger partial charge in [-0.2, -0.15) is 0 Å². The SMILES string of the molecule is CC(C(=O)NN1CCOC1=O)c1ccc(F)cc1. The molecule has 1 saturated heterocycles. The molecular weight excluding hydrogens is 239 g/mol. The molecule has 0 aliphatic carbocycles. The monoisotopic (exact) mass is 252 g/mol. The molecule has 5 nitrogen and oxygen atoms in total. The van der Waals surface area contributed by atoms with Gasteiger partial charge in [0.2, 0.25) is 5.91 Å². The number of halogens is 1. The summed E-state index contributed by atoms with van der Waals surface area (Å²) in [6.45, 7) is 2.29. The molecule has 2 amide bonds. The van der Waals surface area contributed by atoms with Crippen molar-refractivity contribution in [2.24, 2.45) is 0 Å². The lowest BCUT2D eigenvalue weighted by molar-refractivity contribution is -0.125. The van der Waals surface area contributed by atoms with E-state index in [0.717, 1.165) is 5.01 Å². The number of amides is 2. The summed E-state index contributed by atoms with van der Waals surface area (Å²) in [6.07, 6.45) is -0.561. The number of carbonyl (C=O) groups excluding carboxylic acids is 2. The largest absolute Gasteiger partial charge is 0.446 e. The smallest absolute Gasteiger partial charge is 0.428 e. The van der Waals surface area contributed by atoms with Crippen molar-refractivity contribution in [1.29, 1.82) is 0 Å². The van der Waals surface area contributed by atoms with Gasteiger partial charge in [0.15, 0.2) is 0 Å². The summed E-state index contributed by atoms with van der Waals surface area (Å²) in [5.41, 5.74) is 3.15. The van der Waals surface area contributed by atoms with Gasteiger partial charge in [0.05, 0.1) is 12.5 Å². The van der Waals surface area contributed by atoms with Crippen LogP contribution >= 0.6 is 0 Å². The number of nitrogens with one attached hydrogen (secondary N) is 1. The van der Waals surface area contributed by atoms with Crippen molar-refractivity contribution in [2.45, 2.75) is 12.8 Å². The molecule has 1 N–H and O–H groups in total. The number of hydrogen-bond donors (Lipinski definition) is 1. The number of cyclic esters (lactones) is 1. The minimum atomic E-state index is -0.561. The summed E-state index contributed by atoms with van der Waals surface area (Å²) in [7, 11) is 0. The van der Waals surface area contributed by atoms with Crippen molar-refractivity contribution in [3.8, 4) is 0 Å². The first-order valence-corrected chi connectivity index (χ1v) is 5.58. The van der Waals surface area contributed by atoms with Crippen LogP contribution in [-0.2, 0) is 9.53 Å². The Balaban J connectivity index is 2.00. The Labute approximate surface area is 103 Å². The van der Waals surface area contributed by atoms with Gasteiger partial charge in [-0.05, 0) is 24.6 Å². The number of nitrogens with zero attached hydrogens (tertiary/aromatic N) is 1. The highest BCUT2D eigenvalue weighted by Gasteiger charge is 2.26. The van der Waals surface area contributed by atoms with Gasteiger partial charge in [0, 0.05) is 0 Å². The lowest BCUT2D eigenvalue weighted by Crippen LogP contribution is -2.44. The average Bonchev–Trinajstić information content (AvgIpc) is 2.75. The van der Waals surface area contributed by atoms with Crippen LogP contribution in [0.1, 0.15) is 18.4 Å². The maximum atomic E-state index is 12.8. The zero-order valence-electron chi connectivity index (χ0n) is 9.85. The van der Waals surface area contributed by atoms with E-state index in [1.54, 1.807) is 19.1 Å². The molecule has 1 unspecified atom stereocenters. The van der Waals surface area contributed by atoms with Crippen molar-refractivity contribution >= 4 is 12.0 Å². The Kier molecular flexibility index (Phi) is 3.45. The predicted octanol–water partition coefficient (Wildman–Crippen LogP) is 1.41. The molecular formula is C12H13FN2O3. The van der Waals surface area contributed by atoms with Crippen LogP contribution < -0.4 is 5.43 Å². The molecule has 1 atom stereocenters. The molecule has 1 heterocycles. The van der Waals surface area contributed by atoms with Crippen molar-refractivity contribution < 1.29 is 18.7 Å². The van der Waals surface area contributed by atoms with E-state index >= 15 is 0 Å². The third kappa shape index (κ3) is 2.58. The van der Waals surface area contributed by atoms with Crippen molar-refractivity contribution in [3.05, 3.63) is 35.6 Å². The Hall–Kier alpha value is -2.11. The highest BCUT2D eigenvalue weighted by molar-refractivity contribution is 5.85. The number of rotatable bonds is 3. The molecule has 0 saturated carbocycles. The molecule has 2 rings (SSSR count). The third-order valence-electron chi connectivity index (χ3n) is 2.77. The number of hydrazine groups is 1. The van der Waals surface area contributed by atoms with Crippen molar-refractivity contribution in [1.82, 2.24) is 10.4 Å². The van der Waals surface area contributed by atoms with E-state index in [1.807, 2.05) is 0 Å². The molecule has 1 aromatic rings. The normalized spacial score (nSPS) is 16.3. The fraction of sp³-hybridized carbons (Fsp3) is 0.333. The zero-order valence-corrected chi connectivity index (χ0v) is 9.85. The molecule has 1 aromatic carbocycles. The van der Waals surface area contributed by atoms with Crippen LogP contribution in [0.5, 0.6) is 0 Å². The Morgan fingerprint density at radius 1 is 1.44 bits per heavy atom. The number of carbonyl (C=O) groups is 2. The third-order valence-corrected chi connectivity index (χ3v) is 2.77. The highest BCUT2D eigenvalue weighted by atomic mass is 19.1. The molecule has 0 bridgehead atoms. The Morgan fingerprint density at radius 3 is 2.67 bits per heavy atom. The standard InChI is InChI=1S/C12H13FN2O3/c1-8(9-2-4-10(13)5-3-9)11(16)14-15-6-7-18-12(15)17/h2-5,8H,6-7H2,1H3,(H,14,16). The summed E-state index contributed by atoms with van der Waals surface area (Å²) in [6, 6.07) is 5.68. The van der Waals surface area contributed by atoms with Crippen molar-refractivity contribution in [2.75, 3.05) is 13.2 Å². The number of hydrogen-bond acceptors (Lipinski definition) is 3. The number of ether oxygens (including phenoxy) is 1. The highest BCUT2D eigenvalue weighted by Crippen LogP contribution is 2.16. The topological polar surface area (TPSA) is 58.6 Å². The second-order valence-electron chi connectivity index (χ2n) is 4.02. The maximum absolute atomic E-state index is 12.8. The van der Waals surface area contributed by atoms with Gasteiger partial charge in [-0.3, -0.25) is 10.2 Å². The van der Waals surface area contributed by atoms with Crippen LogP contribution in [0.15, 0.2) is 24.3 Å². The van der Waals surface area contributed by atoms with E-state index in [1.165, 1.54) is 12.1 Å². The fourth-order valence-electron chi connectivity index (χ4n) is 1.63. The lowest BCUT2D eigenvalue weighted by Gasteiger charge is -2.17.